The predicted molar refractivity (Wildman–Crippen MR) is 73.9 cm³/mol. The average Bonchev–Trinajstić information content (AvgIpc) is 2.96. The summed E-state index contributed by atoms with van der Waals surface area (Å²) < 4.78 is 11.4. The van der Waals surface area contributed by atoms with Crippen LogP contribution in [0.25, 0.3) is 11.3 Å². The molecule has 1 N–H and O–H groups in total. The van der Waals surface area contributed by atoms with E-state index in [1.807, 2.05) is 20.0 Å². The van der Waals surface area contributed by atoms with Gasteiger partial charge in [-0.25, -0.2) is 0 Å². The van der Waals surface area contributed by atoms with Gasteiger partial charge in [-0.15, -0.1) is 0 Å². The van der Waals surface area contributed by atoms with Crippen LogP contribution < -0.4 is 9.47 Å². The van der Waals surface area contributed by atoms with Crippen molar-refractivity contribution in [2.75, 3.05) is 13.2 Å². The first-order valence-corrected chi connectivity index (χ1v) is 6.73. The van der Waals surface area contributed by atoms with Crippen LogP contribution in [-0.2, 0) is 0 Å². The lowest BCUT2D eigenvalue weighted by atomic mass is 10.00. The number of hydrogen-bond donors (Lipinski definition) is 1. The van der Waals surface area contributed by atoms with Gasteiger partial charge in [-0.05, 0) is 31.5 Å². The summed E-state index contributed by atoms with van der Waals surface area (Å²) in [6.45, 7) is 7.42. The lowest BCUT2D eigenvalue weighted by Crippen LogP contribution is -2.00. The SMILES string of the molecule is CCOc1cc2c(cc1OCC)C(C)c1cn[nH]c1-2. The molecule has 0 aliphatic heterocycles. The van der Waals surface area contributed by atoms with Crippen LogP contribution in [0.5, 0.6) is 11.5 Å². The van der Waals surface area contributed by atoms with Gasteiger partial charge in [-0.3, -0.25) is 5.10 Å². The molecule has 3 rings (SSSR count). The van der Waals surface area contributed by atoms with Crippen molar-refractivity contribution in [1.29, 1.82) is 0 Å². The lowest BCUT2D eigenvalue weighted by Gasteiger charge is -2.14. The third kappa shape index (κ3) is 1.79. The van der Waals surface area contributed by atoms with Gasteiger partial charge in [0.25, 0.3) is 0 Å². The summed E-state index contributed by atoms with van der Waals surface area (Å²) >= 11 is 0. The monoisotopic (exact) mass is 258 g/mol. The molecule has 1 aliphatic rings. The van der Waals surface area contributed by atoms with Crippen LogP contribution >= 0.6 is 0 Å². The van der Waals surface area contributed by atoms with Crippen molar-refractivity contribution in [1.82, 2.24) is 10.2 Å². The standard InChI is InChI=1S/C15H18N2O2/c1-4-18-13-6-10-9(3)12-8-16-17-15(12)11(10)7-14(13)19-5-2/h6-9H,4-5H2,1-3H3,(H,16,17). The number of nitrogens with one attached hydrogen (secondary N) is 1. The Morgan fingerprint density at radius 2 is 1.79 bits per heavy atom. The Hall–Kier alpha value is -1.97. The number of benzene rings is 1. The predicted octanol–water partition coefficient (Wildman–Crippen LogP) is 3.34. The molecular formula is C15H18N2O2. The number of H-pyrrole nitrogens is 1. The smallest absolute Gasteiger partial charge is 0.161 e. The Kier molecular flexibility index (Phi) is 2.93. The first kappa shape index (κ1) is 12.1. The van der Waals surface area contributed by atoms with Crippen molar-refractivity contribution in [2.45, 2.75) is 26.7 Å². The summed E-state index contributed by atoms with van der Waals surface area (Å²) in [6.07, 6.45) is 1.90. The highest BCUT2D eigenvalue weighted by atomic mass is 16.5. The Morgan fingerprint density at radius 3 is 2.47 bits per heavy atom. The normalized spacial score (nSPS) is 16.1. The summed E-state index contributed by atoms with van der Waals surface area (Å²) in [5.41, 5.74) is 4.79. The van der Waals surface area contributed by atoms with Crippen molar-refractivity contribution >= 4 is 0 Å². The number of ether oxygens (including phenoxy) is 2. The van der Waals surface area contributed by atoms with Crippen LogP contribution in [0.3, 0.4) is 0 Å². The van der Waals surface area contributed by atoms with Crippen LogP contribution in [0.1, 0.15) is 37.8 Å². The van der Waals surface area contributed by atoms with Gasteiger partial charge in [0.1, 0.15) is 0 Å². The molecule has 0 amide bonds. The van der Waals surface area contributed by atoms with E-state index in [0.29, 0.717) is 19.1 Å². The molecule has 1 aromatic heterocycles. The van der Waals surface area contributed by atoms with Crippen molar-refractivity contribution in [3.8, 4) is 22.8 Å². The van der Waals surface area contributed by atoms with Gasteiger partial charge in [0, 0.05) is 17.0 Å². The fraction of sp³-hybridized carbons (Fsp3) is 0.400. The largest absolute Gasteiger partial charge is 0.490 e. The first-order chi connectivity index (χ1) is 9.26. The zero-order chi connectivity index (χ0) is 13.4. The Balaban J connectivity index is 2.13. The van der Waals surface area contributed by atoms with E-state index in [-0.39, 0.29) is 0 Å². The van der Waals surface area contributed by atoms with Crippen LogP contribution in [-0.4, -0.2) is 23.4 Å². The van der Waals surface area contributed by atoms with Crippen molar-refractivity contribution in [2.24, 2.45) is 0 Å². The maximum atomic E-state index is 5.69. The van der Waals surface area contributed by atoms with E-state index in [0.717, 1.165) is 17.2 Å². The molecule has 0 bridgehead atoms. The van der Waals surface area contributed by atoms with Crippen LogP contribution in [0.2, 0.25) is 0 Å². The summed E-state index contributed by atoms with van der Waals surface area (Å²) in [6, 6.07) is 4.16. The fourth-order valence-corrected chi connectivity index (χ4v) is 2.69. The van der Waals surface area contributed by atoms with Crippen molar-refractivity contribution < 1.29 is 9.47 Å². The van der Waals surface area contributed by atoms with E-state index < -0.39 is 0 Å². The quantitative estimate of drug-likeness (QED) is 0.915. The third-order valence-electron chi connectivity index (χ3n) is 3.59. The van der Waals surface area contributed by atoms with E-state index in [1.165, 1.54) is 16.7 Å². The molecule has 2 aromatic rings. The Morgan fingerprint density at radius 1 is 1.11 bits per heavy atom. The molecule has 4 heteroatoms. The molecule has 0 radical (unpaired) electrons. The van der Waals surface area contributed by atoms with Crippen LogP contribution in [0.15, 0.2) is 18.3 Å². The molecular weight excluding hydrogens is 240 g/mol. The summed E-state index contributed by atoms with van der Waals surface area (Å²) in [5.74, 6) is 1.98. The number of aromatic amines is 1. The summed E-state index contributed by atoms with van der Waals surface area (Å²) in [4.78, 5) is 0. The second-order valence-electron chi connectivity index (χ2n) is 4.67. The van der Waals surface area contributed by atoms with Crippen molar-refractivity contribution in [3.63, 3.8) is 0 Å². The maximum absolute atomic E-state index is 5.69. The number of fused-ring (bicyclic) bond motifs is 3. The molecule has 0 saturated heterocycles. The first-order valence-electron chi connectivity index (χ1n) is 6.73. The molecule has 0 spiro atoms. The molecule has 0 saturated carbocycles. The van der Waals surface area contributed by atoms with E-state index >= 15 is 0 Å². The van der Waals surface area contributed by atoms with Gasteiger partial charge in [0.2, 0.25) is 0 Å². The van der Waals surface area contributed by atoms with E-state index in [2.05, 4.69) is 29.3 Å². The average molecular weight is 258 g/mol. The highest BCUT2D eigenvalue weighted by Crippen LogP contribution is 2.47. The number of rotatable bonds is 4. The molecule has 1 aromatic carbocycles. The van der Waals surface area contributed by atoms with Gasteiger partial charge >= 0.3 is 0 Å². The third-order valence-corrected chi connectivity index (χ3v) is 3.59. The van der Waals surface area contributed by atoms with E-state index in [4.69, 9.17) is 9.47 Å². The van der Waals surface area contributed by atoms with E-state index in [1.54, 1.807) is 0 Å². The Labute approximate surface area is 112 Å². The van der Waals surface area contributed by atoms with E-state index in [9.17, 15) is 0 Å². The molecule has 19 heavy (non-hydrogen) atoms. The minimum absolute atomic E-state index is 0.346. The molecule has 1 unspecified atom stereocenters. The summed E-state index contributed by atoms with van der Waals surface area (Å²) in [5, 5.41) is 7.21. The van der Waals surface area contributed by atoms with Gasteiger partial charge < -0.3 is 9.47 Å². The van der Waals surface area contributed by atoms with Crippen LogP contribution in [0.4, 0.5) is 0 Å². The van der Waals surface area contributed by atoms with Gasteiger partial charge in [0.15, 0.2) is 11.5 Å². The number of hydrogen-bond acceptors (Lipinski definition) is 3. The van der Waals surface area contributed by atoms with Gasteiger partial charge in [-0.1, -0.05) is 6.92 Å². The van der Waals surface area contributed by atoms with Gasteiger partial charge in [0.05, 0.1) is 25.1 Å². The topological polar surface area (TPSA) is 47.1 Å². The molecule has 100 valence electrons. The second-order valence-corrected chi connectivity index (χ2v) is 4.67. The molecule has 1 heterocycles. The minimum Gasteiger partial charge on any atom is -0.490 e. The molecule has 1 atom stereocenters. The highest BCUT2D eigenvalue weighted by molar-refractivity contribution is 5.78. The van der Waals surface area contributed by atoms with Crippen LogP contribution in [0, 0.1) is 0 Å². The number of aromatic nitrogens is 2. The zero-order valence-corrected chi connectivity index (χ0v) is 11.5. The minimum atomic E-state index is 0.346. The van der Waals surface area contributed by atoms with Gasteiger partial charge in [-0.2, -0.15) is 5.10 Å². The molecule has 0 fully saturated rings. The lowest BCUT2D eigenvalue weighted by molar-refractivity contribution is 0.287. The summed E-state index contributed by atoms with van der Waals surface area (Å²) in [7, 11) is 0. The Bertz CT molecular complexity index is 604. The zero-order valence-electron chi connectivity index (χ0n) is 11.5. The molecule has 4 nitrogen and oxygen atoms in total. The fourth-order valence-electron chi connectivity index (χ4n) is 2.69. The van der Waals surface area contributed by atoms with Crippen molar-refractivity contribution in [3.05, 3.63) is 29.5 Å². The second kappa shape index (κ2) is 4.61. The highest BCUT2D eigenvalue weighted by Gasteiger charge is 2.29. The molecule has 1 aliphatic carbocycles. The maximum Gasteiger partial charge on any atom is 0.161 e. The number of nitrogens with zero attached hydrogens (tertiary/aromatic N) is 1.